The molecule has 1 aromatic carbocycles. The number of nitrogens with one attached hydrogen (secondary N) is 2. The van der Waals surface area contributed by atoms with Gasteiger partial charge in [-0.1, -0.05) is 0 Å². The smallest absolute Gasteiger partial charge is 0.308 e. The number of aliphatic hydroxyl groups is 1. The molecule has 32 heavy (non-hydrogen) atoms. The van der Waals surface area contributed by atoms with Crippen molar-refractivity contribution in [2.75, 3.05) is 19.7 Å². The highest BCUT2D eigenvalue weighted by Crippen LogP contribution is 2.27. The SMILES string of the molecule is CC(C)(C)OC(=O)C[C@H](NC(=O)C1CCNCC1)C(O)COc1c(F)c(F)cc(F)c1F. The van der Waals surface area contributed by atoms with Crippen LogP contribution in [0, 0.1) is 29.2 Å². The highest BCUT2D eigenvalue weighted by Gasteiger charge is 2.31. The minimum absolute atomic E-state index is 0.0263. The molecule has 2 rings (SSSR count). The monoisotopic (exact) mass is 464 g/mol. The molecule has 1 saturated heterocycles. The van der Waals surface area contributed by atoms with Gasteiger partial charge >= 0.3 is 5.97 Å². The first-order chi connectivity index (χ1) is 14.9. The molecule has 1 aliphatic rings. The van der Waals surface area contributed by atoms with Gasteiger partial charge in [0.05, 0.1) is 12.5 Å². The Labute approximate surface area is 183 Å². The zero-order valence-corrected chi connectivity index (χ0v) is 18.1. The number of aliphatic hydroxyl groups excluding tert-OH is 1. The first-order valence-corrected chi connectivity index (χ1v) is 10.3. The first kappa shape index (κ1) is 25.9. The molecule has 1 fully saturated rings. The maximum atomic E-state index is 13.8. The van der Waals surface area contributed by atoms with Crippen LogP contribution in [-0.2, 0) is 14.3 Å². The summed E-state index contributed by atoms with van der Waals surface area (Å²) in [6.45, 7) is 5.32. The zero-order chi connectivity index (χ0) is 24.1. The highest BCUT2D eigenvalue weighted by atomic mass is 19.2. The molecular formula is C21H28F4N2O5. The summed E-state index contributed by atoms with van der Waals surface area (Å²) in [6.07, 6.45) is -0.993. The van der Waals surface area contributed by atoms with Crippen molar-refractivity contribution in [3.63, 3.8) is 0 Å². The van der Waals surface area contributed by atoms with Gasteiger partial charge in [0.15, 0.2) is 17.4 Å². The number of carbonyl (C=O) groups excluding carboxylic acids is 2. The molecule has 0 aliphatic carbocycles. The van der Waals surface area contributed by atoms with Crippen LogP contribution in [0.25, 0.3) is 0 Å². The van der Waals surface area contributed by atoms with Gasteiger partial charge in [0.1, 0.15) is 18.3 Å². The van der Waals surface area contributed by atoms with Crippen molar-refractivity contribution < 1.29 is 41.7 Å². The number of esters is 1. The van der Waals surface area contributed by atoms with E-state index in [4.69, 9.17) is 9.47 Å². The third kappa shape index (κ3) is 7.33. The van der Waals surface area contributed by atoms with E-state index in [0.717, 1.165) is 0 Å². The fraction of sp³-hybridized carbons (Fsp3) is 0.619. The topological polar surface area (TPSA) is 96.9 Å². The first-order valence-electron chi connectivity index (χ1n) is 10.3. The van der Waals surface area contributed by atoms with Gasteiger partial charge in [-0.3, -0.25) is 9.59 Å². The van der Waals surface area contributed by atoms with Crippen LogP contribution in [0.1, 0.15) is 40.0 Å². The predicted octanol–water partition coefficient (Wildman–Crippen LogP) is 2.20. The maximum absolute atomic E-state index is 13.8. The molecule has 180 valence electrons. The minimum atomic E-state index is -1.77. The highest BCUT2D eigenvalue weighted by molar-refractivity contribution is 5.80. The van der Waals surface area contributed by atoms with Crippen molar-refractivity contribution in [3.8, 4) is 5.75 Å². The molecule has 11 heteroatoms. The fourth-order valence-electron chi connectivity index (χ4n) is 3.19. The number of amides is 1. The van der Waals surface area contributed by atoms with Crippen LogP contribution >= 0.6 is 0 Å². The summed E-state index contributed by atoms with van der Waals surface area (Å²) in [5, 5.41) is 16.2. The average molecular weight is 464 g/mol. The zero-order valence-electron chi connectivity index (χ0n) is 18.1. The van der Waals surface area contributed by atoms with Crippen molar-refractivity contribution in [2.45, 2.75) is 57.8 Å². The van der Waals surface area contributed by atoms with Crippen LogP contribution in [0.5, 0.6) is 5.75 Å². The second-order valence-corrected chi connectivity index (χ2v) is 8.61. The summed E-state index contributed by atoms with van der Waals surface area (Å²) in [4.78, 5) is 24.8. The summed E-state index contributed by atoms with van der Waals surface area (Å²) >= 11 is 0. The van der Waals surface area contributed by atoms with Crippen LogP contribution in [0.3, 0.4) is 0 Å². The number of piperidine rings is 1. The molecule has 0 saturated carbocycles. The molecule has 1 unspecified atom stereocenters. The van der Waals surface area contributed by atoms with Gasteiger partial charge in [-0.15, -0.1) is 0 Å². The number of benzene rings is 1. The van der Waals surface area contributed by atoms with Gasteiger partial charge in [-0.25, -0.2) is 8.78 Å². The Hall–Kier alpha value is -2.40. The molecular weight excluding hydrogens is 436 g/mol. The lowest BCUT2D eigenvalue weighted by molar-refractivity contribution is -0.156. The van der Waals surface area contributed by atoms with Crippen molar-refractivity contribution in [1.29, 1.82) is 0 Å². The second kappa shape index (κ2) is 11.0. The lowest BCUT2D eigenvalue weighted by Gasteiger charge is -2.29. The van der Waals surface area contributed by atoms with Crippen LogP contribution < -0.4 is 15.4 Å². The summed E-state index contributed by atoms with van der Waals surface area (Å²) in [5.74, 6) is -9.71. The summed E-state index contributed by atoms with van der Waals surface area (Å²) in [6, 6.07) is -1.20. The molecule has 7 nitrogen and oxygen atoms in total. The number of hydrogen-bond donors (Lipinski definition) is 3. The standard InChI is InChI=1S/C21H28F4N2O5/c1-21(2,3)32-16(29)9-14(27-20(30)11-4-6-26-7-5-11)15(28)10-31-19-17(24)12(22)8-13(23)18(19)25/h8,11,14-15,26,28H,4-7,9-10H2,1-3H3,(H,27,30)/t14-,15?/m0/s1. The fourth-order valence-corrected chi connectivity index (χ4v) is 3.19. The third-order valence-electron chi connectivity index (χ3n) is 4.78. The predicted molar refractivity (Wildman–Crippen MR) is 106 cm³/mol. The Morgan fingerprint density at radius 3 is 2.25 bits per heavy atom. The summed E-state index contributed by atoms with van der Waals surface area (Å²) in [7, 11) is 0. The average Bonchev–Trinajstić information content (AvgIpc) is 2.70. The molecule has 1 aliphatic heterocycles. The maximum Gasteiger partial charge on any atom is 0.308 e. The summed E-state index contributed by atoms with van der Waals surface area (Å²) in [5.41, 5.74) is -0.826. The molecule has 0 radical (unpaired) electrons. The van der Waals surface area contributed by atoms with Crippen molar-refractivity contribution in [3.05, 3.63) is 29.3 Å². The second-order valence-electron chi connectivity index (χ2n) is 8.61. The van der Waals surface area contributed by atoms with Gasteiger partial charge in [0.25, 0.3) is 0 Å². The Bertz CT molecular complexity index is 799. The van der Waals surface area contributed by atoms with Crippen molar-refractivity contribution >= 4 is 11.9 Å². The van der Waals surface area contributed by atoms with E-state index in [-0.39, 0.29) is 12.0 Å². The van der Waals surface area contributed by atoms with E-state index >= 15 is 0 Å². The Morgan fingerprint density at radius 2 is 1.72 bits per heavy atom. The van der Waals surface area contributed by atoms with Crippen LogP contribution in [-0.4, -0.2) is 54.4 Å². The minimum Gasteiger partial charge on any atom is -0.485 e. The summed E-state index contributed by atoms with van der Waals surface area (Å²) < 4.78 is 64.3. The van der Waals surface area contributed by atoms with Gasteiger partial charge < -0.3 is 25.2 Å². The van der Waals surface area contributed by atoms with Crippen LogP contribution in [0.4, 0.5) is 17.6 Å². The van der Waals surface area contributed by atoms with Crippen molar-refractivity contribution in [1.82, 2.24) is 10.6 Å². The lowest BCUT2D eigenvalue weighted by Crippen LogP contribution is -2.50. The van der Waals surface area contributed by atoms with Gasteiger partial charge in [-0.05, 0) is 46.7 Å². The van der Waals surface area contributed by atoms with E-state index < -0.39 is 71.7 Å². The van der Waals surface area contributed by atoms with E-state index in [1.165, 1.54) is 0 Å². The number of carbonyl (C=O) groups is 2. The number of rotatable bonds is 8. The number of hydrogen-bond acceptors (Lipinski definition) is 6. The molecule has 2 atom stereocenters. The molecule has 0 spiro atoms. The van der Waals surface area contributed by atoms with Gasteiger partial charge in [-0.2, -0.15) is 8.78 Å². The Kier molecular flexibility index (Phi) is 8.85. The lowest BCUT2D eigenvalue weighted by atomic mass is 9.96. The normalized spacial score (nSPS) is 16.9. The molecule has 1 heterocycles. The molecule has 1 amide bonds. The van der Waals surface area contributed by atoms with E-state index in [2.05, 4.69) is 10.6 Å². The number of halogens is 4. The largest absolute Gasteiger partial charge is 0.485 e. The van der Waals surface area contributed by atoms with Crippen LogP contribution in [0.15, 0.2) is 6.07 Å². The quantitative estimate of drug-likeness (QED) is 0.310. The van der Waals surface area contributed by atoms with Gasteiger partial charge in [0, 0.05) is 12.0 Å². The Balaban J connectivity index is 2.13. The molecule has 0 bridgehead atoms. The van der Waals surface area contributed by atoms with E-state index in [9.17, 15) is 32.3 Å². The van der Waals surface area contributed by atoms with E-state index in [0.29, 0.717) is 25.9 Å². The van der Waals surface area contributed by atoms with Gasteiger partial charge in [0.2, 0.25) is 17.5 Å². The van der Waals surface area contributed by atoms with Crippen LogP contribution in [0.2, 0.25) is 0 Å². The molecule has 1 aromatic rings. The Morgan fingerprint density at radius 1 is 1.16 bits per heavy atom. The molecule has 0 aromatic heterocycles. The third-order valence-corrected chi connectivity index (χ3v) is 4.78. The van der Waals surface area contributed by atoms with Crippen molar-refractivity contribution in [2.24, 2.45) is 5.92 Å². The van der Waals surface area contributed by atoms with E-state index in [1.807, 2.05) is 0 Å². The number of ether oxygens (including phenoxy) is 2. The molecule has 3 N–H and O–H groups in total. The van der Waals surface area contributed by atoms with E-state index in [1.54, 1.807) is 20.8 Å².